The van der Waals surface area contributed by atoms with E-state index in [0.717, 1.165) is 42.0 Å². The minimum atomic E-state index is 0.536. The van der Waals surface area contributed by atoms with Crippen molar-refractivity contribution in [1.29, 1.82) is 5.26 Å². The molecule has 0 atom stereocenters. The van der Waals surface area contributed by atoms with Crippen molar-refractivity contribution >= 4 is 11.3 Å². The van der Waals surface area contributed by atoms with E-state index >= 15 is 0 Å². The van der Waals surface area contributed by atoms with Gasteiger partial charge in [0.25, 0.3) is 0 Å². The van der Waals surface area contributed by atoms with E-state index in [-0.39, 0.29) is 0 Å². The van der Waals surface area contributed by atoms with Crippen molar-refractivity contribution in [1.82, 2.24) is 14.6 Å². The van der Waals surface area contributed by atoms with Gasteiger partial charge in [-0.3, -0.25) is 0 Å². The van der Waals surface area contributed by atoms with Crippen molar-refractivity contribution in [2.45, 2.75) is 34.1 Å². The highest BCUT2D eigenvalue weighted by atomic mass is 16.5. The van der Waals surface area contributed by atoms with Gasteiger partial charge in [0, 0.05) is 30.4 Å². The average molecular weight is 377 g/mol. The van der Waals surface area contributed by atoms with Crippen molar-refractivity contribution in [3.05, 3.63) is 42.4 Å². The Hall–Kier alpha value is -3.07. The number of hydrogen-bond donors (Lipinski definition) is 0. The maximum Gasteiger partial charge on any atom is 0.138 e. The van der Waals surface area contributed by atoms with E-state index in [9.17, 15) is 5.26 Å². The molecular formula is C22H27N5O. The molecule has 0 saturated heterocycles. The number of pyridine rings is 2. The summed E-state index contributed by atoms with van der Waals surface area (Å²) in [5.41, 5.74) is 3.14. The van der Waals surface area contributed by atoms with Crippen molar-refractivity contribution in [3.8, 4) is 22.9 Å². The predicted molar refractivity (Wildman–Crippen MR) is 112 cm³/mol. The SMILES string of the molecule is CCOc1cc(-c2ccc(N(CC)CCC(C)C)nc2)c2c(C#N)cnn2c1. The molecule has 0 aliphatic heterocycles. The summed E-state index contributed by atoms with van der Waals surface area (Å²) >= 11 is 0. The maximum atomic E-state index is 9.46. The van der Waals surface area contributed by atoms with Crippen LogP contribution in [0.1, 0.15) is 39.7 Å². The Morgan fingerprint density at radius 1 is 1.25 bits per heavy atom. The highest BCUT2D eigenvalue weighted by Gasteiger charge is 2.14. The minimum Gasteiger partial charge on any atom is -0.492 e. The molecule has 3 aromatic rings. The molecule has 0 unspecified atom stereocenters. The minimum absolute atomic E-state index is 0.536. The third-order valence-electron chi connectivity index (χ3n) is 4.76. The Morgan fingerprint density at radius 3 is 2.68 bits per heavy atom. The molecule has 0 aliphatic rings. The van der Waals surface area contributed by atoms with Crippen LogP contribution in [0.25, 0.3) is 16.6 Å². The average Bonchev–Trinajstić information content (AvgIpc) is 3.11. The molecule has 0 bridgehead atoms. The highest BCUT2D eigenvalue weighted by molar-refractivity contribution is 5.85. The van der Waals surface area contributed by atoms with E-state index in [1.54, 1.807) is 16.9 Å². The van der Waals surface area contributed by atoms with Crippen LogP contribution in [0.5, 0.6) is 5.75 Å². The largest absolute Gasteiger partial charge is 0.492 e. The second kappa shape index (κ2) is 8.75. The fraction of sp³-hybridized carbons (Fsp3) is 0.409. The molecule has 0 aliphatic carbocycles. The van der Waals surface area contributed by atoms with Gasteiger partial charge in [0.05, 0.1) is 30.1 Å². The molecule has 0 N–H and O–H groups in total. The normalized spacial score (nSPS) is 11.0. The molecule has 0 saturated carbocycles. The Morgan fingerprint density at radius 2 is 2.07 bits per heavy atom. The summed E-state index contributed by atoms with van der Waals surface area (Å²) in [6.07, 6.45) is 6.39. The van der Waals surface area contributed by atoms with Crippen LogP contribution in [0.15, 0.2) is 36.8 Å². The van der Waals surface area contributed by atoms with Gasteiger partial charge in [-0.1, -0.05) is 13.8 Å². The molecule has 3 heterocycles. The van der Waals surface area contributed by atoms with Gasteiger partial charge in [-0.25, -0.2) is 9.50 Å². The van der Waals surface area contributed by atoms with Crippen LogP contribution in [0.2, 0.25) is 0 Å². The predicted octanol–water partition coefficient (Wildman–Crippen LogP) is 4.54. The van der Waals surface area contributed by atoms with Gasteiger partial charge in [-0.15, -0.1) is 0 Å². The molecule has 0 amide bonds. The third-order valence-corrected chi connectivity index (χ3v) is 4.76. The molecule has 0 aromatic carbocycles. The molecule has 0 fully saturated rings. The molecular weight excluding hydrogens is 350 g/mol. The van der Waals surface area contributed by atoms with Gasteiger partial charge < -0.3 is 9.64 Å². The van der Waals surface area contributed by atoms with Gasteiger partial charge in [0.2, 0.25) is 0 Å². The maximum absolute atomic E-state index is 9.46. The van der Waals surface area contributed by atoms with E-state index in [1.807, 2.05) is 25.3 Å². The molecule has 146 valence electrons. The van der Waals surface area contributed by atoms with E-state index in [4.69, 9.17) is 9.72 Å². The van der Waals surface area contributed by atoms with E-state index < -0.39 is 0 Å². The first-order valence-corrected chi connectivity index (χ1v) is 9.83. The fourth-order valence-corrected chi connectivity index (χ4v) is 3.23. The Labute approximate surface area is 166 Å². The van der Waals surface area contributed by atoms with Crippen molar-refractivity contribution in [2.75, 3.05) is 24.6 Å². The van der Waals surface area contributed by atoms with Crippen LogP contribution >= 0.6 is 0 Å². The van der Waals surface area contributed by atoms with Crippen LogP contribution in [0.3, 0.4) is 0 Å². The lowest BCUT2D eigenvalue weighted by atomic mass is 10.1. The van der Waals surface area contributed by atoms with Crippen molar-refractivity contribution < 1.29 is 4.74 Å². The summed E-state index contributed by atoms with van der Waals surface area (Å²) in [4.78, 5) is 6.99. The first-order valence-electron chi connectivity index (χ1n) is 9.83. The van der Waals surface area contributed by atoms with Crippen LogP contribution in [-0.2, 0) is 0 Å². The molecule has 6 heteroatoms. The number of nitrogens with zero attached hydrogens (tertiary/aromatic N) is 5. The number of aromatic nitrogens is 3. The van der Waals surface area contributed by atoms with Crippen LogP contribution in [0.4, 0.5) is 5.82 Å². The smallest absolute Gasteiger partial charge is 0.138 e. The summed E-state index contributed by atoms with van der Waals surface area (Å²) in [5, 5.41) is 13.8. The summed E-state index contributed by atoms with van der Waals surface area (Å²) in [7, 11) is 0. The van der Waals surface area contributed by atoms with Crippen LogP contribution in [-0.4, -0.2) is 34.3 Å². The Kier molecular flexibility index (Phi) is 6.15. The standard InChI is InChI=1S/C22H27N5O/c1-5-26(10-9-16(3)4)21-8-7-17(13-24-21)20-11-19(28-6-2)15-27-22(20)18(12-23)14-25-27/h7-8,11,13-16H,5-6,9-10H2,1-4H3. The summed E-state index contributed by atoms with van der Waals surface area (Å²) < 4.78 is 7.38. The van der Waals surface area contributed by atoms with Crippen molar-refractivity contribution in [2.24, 2.45) is 5.92 Å². The first kappa shape index (κ1) is 19.7. The van der Waals surface area contributed by atoms with Crippen LogP contribution < -0.4 is 9.64 Å². The number of rotatable bonds is 8. The fourth-order valence-electron chi connectivity index (χ4n) is 3.23. The van der Waals surface area contributed by atoms with Gasteiger partial charge >= 0.3 is 0 Å². The molecule has 0 spiro atoms. The Bertz CT molecular complexity index is 969. The monoisotopic (exact) mass is 377 g/mol. The third kappa shape index (κ3) is 4.09. The lowest BCUT2D eigenvalue weighted by Crippen LogP contribution is -2.25. The van der Waals surface area contributed by atoms with E-state index in [2.05, 4.69) is 42.9 Å². The molecule has 0 radical (unpaired) electrons. The van der Waals surface area contributed by atoms with Gasteiger partial charge in [0.15, 0.2) is 0 Å². The zero-order valence-corrected chi connectivity index (χ0v) is 17.0. The van der Waals surface area contributed by atoms with Gasteiger partial charge in [-0.05, 0) is 44.4 Å². The lowest BCUT2D eigenvalue weighted by molar-refractivity contribution is 0.338. The molecule has 3 rings (SSSR count). The quantitative estimate of drug-likeness (QED) is 0.576. The van der Waals surface area contributed by atoms with E-state index in [1.165, 1.54) is 0 Å². The zero-order valence-electron chi connectivity index (χ0n) is 17.0. The van der Waals surface area contributed by atoms with Crippen LogP contribution in [0, 0.1) is 17.2 Å². The lowest BCUT2D eigenvalue weighted by Gasteiger charge is -2.23. The van der Waals surface area contributed by atoms with Gasteiger partial charge in [0.1, 0.15) is 17.6 Å². The van der Waals surface area contributed by atoms with E-state index in [0.29, 0.717) is 23.8 Å². The number of hydrogen-bond acceptors (Lipinski definition) is 5. The number of anilines is 1. The second-order valence-corrected chi connectivity index (χ2v) is 7.15. The summed E-state index contributed by atoms with van der Waals surface area (Å²) in [6, 6.07) is 8.28. The first-order chi connectivity index (χ1) is 13.6. The topological polar surface area (TPSA) is 66.5 Å². The second-order valence-electron chi connectivity index (χ2n) is 7.15. The zero-order chi connectivity index (χ0) is 20.1. The summed E-state index contributed by atoms with van der Waals surface area (Å²) in [6.45, 7) is 11.0. The van der Waals surface area contributed by atoms with Gasteiger partial charge in [-0.2, -0.15) is 10.4 Å². The summed E-state index contributed by atoms with van der Waals surface area (Å²) in [5.74, 6) is 2.35. The highest BCUT2D eigenvalue weighted by Crippen LogP contribution is 2.31. The van der Waals surface area contributed by atoms with Crippen molar-refractivity contribution in [3.63, 3.8) is 0 Å². The molecule has 28 heavy (non-hydrogen) atoms. The molecule has 6 nitrogen and oxygen atoms in total. The molecule has 3 aromatic heterocycles. The number of fused-ring (bicyclic) bond motifs is 1. The number of nitriles is 1. The Balaban J connectivity index is 2.00. The number of ether oxygens (including phenoxy) is 1.